The highest BCUT2D eigenvalue weighted by Gasteiger charge is 2.03. The maximum absolute atomic E-state index is 11.4. The Hall–Kier alpha value is -2.30. The van der Waals surface area contributed by atoms with Gasteiger partial charge in [0, 0.05) is 37.2 Å². The normalized spacial score (nSPS) is 10.2. The first-order valence-electron chi connectivity index (χ1n) is 6.30. The Balaban J connectivity index is 1.98. The molecular weight excluding hydrogens is 240 g/mol. The Morgan fingerprint density at radius 1 is 1.32 bits per heavy atom. The van der Waals surface area contributed by atoms with Crippen molar-refractivity contribution in [3.8, 4) is 0 Å². The molecule has 0 fully saturated rings. The van der Waals surface area contributed by atoms with Crippen molar-refractivity contribution in [2.24, 2.45) is 0 Å². The van der Waals surface area contributed by atoms with Gasteiger partial charge >= 0.3 is 0 Å². The van der Waals surface area contributed by atoms with Crippen molar-refractivity contribution in [1.82, 2.24) is 14.9 Å². The quantitative estimate of drug-likeness (QED) is 0.860. The van der Waals surface area contributed by atoms with Crippen molar-refractivity contribution in [2.45, 2.75) is 20.0 Å². The molecule has 1 aromatic heterocycles. The van der Waals surface area contributed by atoms with Crippen LogP contribution in [0.2, 0.25) is 0 Å². The van der Waals surface area contributed by atoms with E-state index in [1.54, 1.807) is 25.4 Å². The molecule has 100 valence electrons. The van der Waals surface area contributed by atoms with E-state index >= 15 is 0 Å². The number of aryl methyl sites for hydroxylation is 1. The summed E-state index contributed by atoms with van der Waals surface area (Å²) in [5, 5.41) is 5.89. The number of nitrogens with one attached hydrogen (secondary N) is 2. The number of nitrogens with zero attached hydrogens (tertiary/aromatic N) is 2. The van der Waals surface area contributed by atoms with E-state index in [0.29, 0.717) is 12.1 Å². The summed E-state index contributed by atoms with van der Waals surface area (Å²) in [5.74, 6) is 0.922. The molecule has 0 bridgehead atoms. The Morgan fingerprint density at radius 2 is 2.05 bits per heavy atom. The number of imidazole rings is 1. The van der Waals surface area contributed by atoms with Gasteiger partial charge < -0.3 is 15.2 Å². The molecule has 1 amide bonds. The molecule has 0 radical (unpaired) electrons. The van der Waals surface area contributed by atoms with Gasteiger partial charge in [-0.1, -0.05) is 0 Å². The van der Waals surface area contributed by atoms with Crippen LogP contribution >= 0.6 is 0 Å². The third kappa shape index (κ3) is 3.13. The molecule has 0 aliphatic carbocycles. The Bertz CT molecular complexity index is 545. The highest BCUT2D eigenvalue weighted by Crippen LogP contribution is 2.11. The largest absolute Gasteiger partial charge is 0.378 e. The van der Waals surface area contributed by atoms with Crippen LogP contribution in [0.3, 0.4) is 0 Å². The number of carbonyl (C=O) groups is 1. The van der Waals surface area contributed by atoms with Crippen LogP contribution in [-0.4, -0.2) is 22.5 Å². The lowest BCUT2D eigenvalue weighted by Gasteiger charge is -2.08. The van der Waals surface area contributed by atoms with Crippen molar-refractivity contribution in [2.75, 3.05) is 12.4 Å². The average Bonchev–Trinajstić information content (AvgIpc) is 2.92. The second-order valence-electron chi connectivity index (χ2n) is 4.14. The molecule has 0 spiro atoms. The summed E-state index contributed by atoms with van der Waals surface area (Å²) in [6.07, 6.45) is 3.76. The van der Waals surface area contributed by atoms with Gasteiger partial charge in [0.05, 0.1) is 6.54 Å². The summed E-state index contributed by atoms with van der Waals surface area (Å²) < 4.78 is 2.09. The lowest BCUT2D eigenvalue weighted by Crippen LogP contribution is -2.17. The van der Waals surface area contributed by atoms with Gasteiger partial charge in [-0.3, -0.25) is 4.79 Å². The Kier molecular flexibility index (Phi) is 4.18. The van der Waals surface area contributed by atoms with Crippen LogP contribution < -0.4 is 10.6 Å². The van der Waals surface area contributed by atoms with Gasteiger partial charge in [-0.05, 0) is 31.2 Å². The fourth-order valence-corrected chi connectivity index (χ4v) is 1.86. The SMILES string of the molecule is CCn1ccnc1CNc1ccc(C(=O)NC)cc1. The lowest BCUT2D eigenvalue weighted by molar-refractivity contribution is 0.0963. The van der Waals surface area contributed by atoms with Gasteiger partial charge in [-0.15, -0.1) is 0 Å². The average molecular weight is 258 g/mol. The molecule has 0 saturated carbocycles. The summed E-state index contributed by atoms with van der Waals surface area (Å²) in [6, 6.07) is 7.38. The highest BCUT2D eigenvalue weighted by molar-refractivity contribution is 5.94. The lowest BCUT2D eigenvalue weighted by atomic mass is 10.2. The number of aromatic nitrogens is 2. The molecule has 1 heterocycles. The third-order valence-electron chi connectivity index (χ3n) is 2.97. The predicted octanol–water partition coefficient (Wildman–Crippen LogP) is 1.87. The molecule has 2 rings (SSSR count). The molecule has 0 atom stereocenters. The zero-order chi connectivity index (χ0) is 13.7. The fraction of sp³-hybridized carbons (Fsp3) is 0.286. The van der Waals surface area contributed by atoms with Crippen LogP contribution in [0.4, 0.5) is 5.69 Å². The molecule has 0 unspecified atom stereocenters. The van der Waals surface area contributed by atoms with E-state index < -0.39 is 0 Å². The molecule has 0 saturated heterocycles. The van der Waals surface area contributed by atoms with Crippen LogP contribution in [0.15, 0.2) is 36.7 Å². The molecule has 2 aromatic rings. The molecule has 5 heteroatoms. The first-order valence-corrected chi connectivity index (χ1v) is 6.30. The second kappa shape index (κ2) is 6.04. The minimum Gasteiger partial charge on any atom is -0.378 e. The number of carbonyl (C=O) groups excluding carboxylic acids is 1. The molecule has 0 aliphatic heterocycles. The smallest absolute Gasteiger partial charge is 0.251 e. The predicted molar refractivity (Wildman–Crippen MR) is 75.1 cm³/mol. The van der Waals surface area contributed by atoms with E-state index in [1.165, 1.54) is 0 Å². The molecule has 5 nitrogen and oxygen atoms in total. The molecule has 2 N–H and O–H groups in total. The van der Waals surface area contributed by atoms with Gasteiger partial charge in [0.1, 0.15) is 5.82 Å². The van der Waals surface area contributed by atoms with E-state index in [9.17, 15) is 4.79 Å². The van der Waals surface area contributed by atoms with Crippen LogP contribution in [0, 0.1) is 0 Å². The van der Waals surface area contributed by atoms with Crippen LogP contribution in [0.5, 0.6) is 0 Å². The summed E-state index contributed by atoms with van der Waals surface area (Å²) in [7, 11) is 1.62. The van der Waals surface area contributed by atoms with Gasteiger partial charge in [0.15, 0.2) is 0 Å². The van der Waals surface area contributed by atoms with Gasteiger partial charge in [-0.2, -0.15) is 0 Å². The molecule has 0 aliphatic rings. The van der Waals surface area contributed by atoms with E-state index in [-0.39, 0.29) is 5.91 Å². The highest BCUT2D eigenvalue weighted by atomic mass is 16.1. The van der Waals surface area contributed by atoms with Gasteiger partial charge in [0.25, 0.3) is 5.91 Å². The van der Waals surface area contributed by atoms with E-state index in [4.69, 9.17) is 0 Å². The van der Waals surface area contributed by atoms with Crippen LogP contribution in [0.1, 0.15) is 23.1 Å². The monoisotopic (exact) mass is 258 g/mol. The second-order valence-corrected chi connectivity index (χ2v) is 4.14. The van der Waals surface area contributed by atoms with Crippen LogP contribution in [0.25, 0.3) is 0 Å². The first-order chi connectivity index (χ1) is 9.24. The zero-order valence-corrected chi connectivity index (χ0v) is 11.2. The fourth-order valence-electron chi connectivity index (χ4n) is 1.86. The van der Waals surface area contributed by atoms with Crippen molar-refractivity contribution in [3.63, 3.8) is 0 Å². The summed E-state index contributed by atoms with van der Waals surface area (Å²) in [5.41, 5.74) is 1.63. The molecule has 1 aromatic carbocycles. The number of hydrogen-bond donors (Lipinski definition) is 2. The number of rotatable bonds is 5. The van der Waals surface area contributed by atoms with Crippen molar-refractivity contribution in [3.05, 3.63) is 48.0 Å². The molecular formula is C14H18N4O. The number of hydrogen-bond acceptors (Lipinski definition) is 3. The molecule has 19 heavy (non-hydrogen) atoms. The topological polar surface area (TPSA) is 59.0 Å². The van der Waals surface area contributed by atoms with Gasteiger partial charge in [0.2, 0.25) is 0 Å². The van der Waals surface area contributed by atoms with E-state index in [2.05, 4.69) is 27.1 Å². The third-order valence-corrected chi connectivity index (χ3v) is 2.97. The first kappa shape index (κ1) is 13.1. The van der Waals surface area contributed by atoms with E-state index in [1.807, 2.05) is 18.3 Å². The standard InChI is InChI=1S/C14H18N4O/c1-3-18-9-8-16-13(18)10-17-12-6-4-11(5-7-12)14(19)15-2/h4-9,17H,3,10H2,1-2H3,(H,15,19). The minimum atomic E-state index is -0.0759. The van der Waals surface area contributed by atoms with E-state index in [0.717, 1.165) is 18.1 Å². The zero-order valence-electron chi connectivity index (χ0n) is 11.2. The Morgan fingerprint density at radius 3 is 2.68 bits per heavy atom. The van der Waals surface area contributed by atoms with Crippen molar-refractivity contribution < 1.29 is 4.79 Å². The number of benzene rings is 1. The summed E-state index contributed by atoms with van der Waals surface area (Å²) in [6.45, 7) is 3.66. The Labute approximate surface area is 112 Å². The maximum Gasteiger partial charge on any atom is 0.251 e. The minimum absolute atomic E-state index is 0.0759. The summed E-state index contributed by atoms with van der Waals surface area (Å²) >= 11 is 0. The number of anilines is 1. The maximum atomic E-state index is 11.4. The van der Waals surface area contributed by atoms with Crippen LogP contribution in [-0.2, 0) is 13.1 Å². The number of amides is 1. The van der Waals surface area contributed by atoms with Crippen molar-refractivity contribution in [1.29, 1.82) is 0 Å². The van der Waals surface area contributed by atoms with Crippen molar-refractivity contribution >= 4 is 11.6 Å². The van der Waals surface area contributed by atoms with Gasteiger partial charge in [-0.25, -0.2) is 4.98 Å². The summed E-state index contributed by atoms with van der Waals surface area (Å²) in [4.78, 5) is 15.7.